The highest BCUT2D eigenvalue weighted by Crippen LogP contribution is 2.11. The minimum Gasteiger partial charge on any atom is -0.388 e. The summed E-state index contributed by atoms with van der Waals surface area (Å²) in [4.78, 5) is 0. The van der Waals surface area contributed by atoms with Gasteiger partial charge >= 0.3 is 0 Å². The zero-order valence-corrected chi connectivity index (χ0v) is 6.31. The number of hydrogen-bond acceptors (Lipinski definition) is 2. The van der Waals surface area contributed by atoms with Gasteiger partial charge in [0, 0.05) is 25.5 Å². The maximum atomic E-state index is 3.05. The highest BCUT2D eigenvalue weighted by molar-refractivity contribution is 5.52. The molecule has 0 fully saturated rings. The summed E-state index contributed by atoms with van der Waals surface area (Å²) in [6, 6.07) is 8.13. The molecule has 0 heterocycles. The van der Waals surface area contributed by atoms with Crippen molar-refractivity contribution in [2.24, 2.45) is 0 Å². The number of rotatable bonds is 2. The molecule has 0 unspecified atom stereocenters. The van der Waals surface area contributed by atoms with E-state index in [2.05, 4.69) is 10.6 Å². The van der Waals surface area contributed by atoms with Crippen molar-refractivity contribution >= 4 is 11.4 Å². The summed E-state index contributed by atoms with van der Waals surface area (Å²) in [5.74, 6) is 0. The minimum atomic E-state index is 1.14. The van der Waals surface area contributed by atoms with Gasteiger partial charge in [-0.15, -0.1) is 0 Å². The Labute approximate surface area is 61.3 Å². The van der Waals surface area contributed by atoms with Gasteiger partial charge in [-0.2, -0.15) is 0 Å². The molecule has 0 aliphatic carbocycles. The second-order valence-electron chi connectivity index (χ2n) is 2.08. The number of anilines is 2. The van der Waals surface area contributed by atoms with E-state index in [9.17, 15) is 0 Å². The molecule has 0 aliphatic rings. The van der Waals surface area contributed by atoms with E-state index < -0.39 is 0 Å². The molecule has 1 rings (SSSR count). The lowest BCUT2D eigenvalue weighted by Gasteiger charge is -2.01. The van der Waals surface area contributed by atoms with Gasteiger partial charge in [0.05, 0.1) is 0 Å². The smallest absolute Gasteiger partial charge is 0.0339 e. The monoisotopic (exact) mass is 136 g/mol. The average Bonchev–Trinajstić information content (AvgIpc) is 2.05. The molecule has 0 aromatic heterocycles. The van der Waals surface area contributed by atoms with Gasteiger partial charge in [0.1, 0.15) is 0 Å². The number of benzene rings is 1. The fraction of sp³-hybridized carbons (Fsp3) is 0.250. The Hall–Kier alpha value is -1.18. The van der Waals surface area contributed by atoms with Gasteiger partial charge in [0.25, 0.3) is 0 Å². The fourth-order valence-corrected chi connectivity index (χ4v) is 0.804. The molecule has 2 heteroatoms. The van der Waals surface area contributed by atoms with E-state index in [1.54, 1.807) is 0 Å². The largest absolute Gasteiger partial charge is 0.388 e. The van der Waals surface area contributed by atoms with Gasteiger partial charge in [-0.25, -0.2) is 0 Å². The summed E-state index contributed by atoms with van der Waals surface area (Å²) >= 11 is 0. The van der Waals surface area contributed by atoms with E-state index in [0.29, 0.717) is 0 Å². The molecule has 0 bridgehead atoms. The van der Waals surface area contributed by atoms with E-state index in [1.165, 1.54) is 0 Å². The van der Waals surface area contributed by atoms with Crippen LogP contribution >= 0.6 is 0 Å². The zero-order chi connectivity index (χ0) is 7.40. The highest BCUT2D eigenvalue weighted by Gasteiger charge is 1.86. The van der Waals surface area contributed by atoms with Crippen LogP contribution < -0.4 is 10.6 Å². The molecule has 0 aliphatic heterocycles. The van der Waals surface area contributed by atoms with Gasteiger partial charge in [-0.05, 0) is 24.3 Å². The van der Waals surface area contributed by atoms with Gasteiger partial charge in [0.15, 0.2) is 0 Å². The summed E-state index contributed by atoms with van der Waals surface area (Å²) < 4.78 is 0. The lowest BCUT2D eigenvalue weighted by atomic mass is 10.3. The first-order valence-corrected chi connectivity index (χ1v) is 3.32. The van der Waals surface area contributed by atoms with Gasteiger partial charge in [0.2, 0.25) is 0 Å². The van der Waals surface area contributed by atoms with Gasteiger partial charge in [-0.3, -0.25) is 0 Å². The number of nitrogens with one attached hydrogen (secondary N) is 2. The standard InChI is InChI=1S/C8H12N2/c1-9-7-3-5-8(10-2)6-4-7/h3-6,9-10H,1-2H3. The molecular formula is C8H12N2. The second-order valence-corrected chi connectivity index (χ2v) is 2.08. The van der Waals surface area contributed by atoms with Crippen LogP contribution in [-0.4, -0.2) is 14.1 Å². The third-order valence-corrected chi connectivity index (χ3v) is 1.46. The third-order valence-electron chi connectivity index (χ3n) is 1.46. The highest BCUT2D eigenvalue weighted by atomic mass is 14.8. The van der Waals surface area contributed by atoms with Crippen LogP contribution in [0.3, 0.4) is 0 Å². The molecule has 0 atom stereocenters. The van der Waals surface area contributed by atoms with Crippen LogP contribution in [0.15, 0.2) is 24.3 Å². The predicted molar refractivity (Wildman–Crippen MR) is 45.5 cm³/mol. The van der Waals surface area contributed by atoms with Crippen molar-refractivity contribution in [3.8, 4) is 0 Å². The van der Waals surface area contributed by atoms with Crippen LogP contribution in [0.2, 0.25) is 0 Å². The Morgan fingerprint density at radius 3 is 1.30 bits per heavy atom. The zero-order valence-electron chi connectivity index (χ0n) is 6.31. The Kier molecular flexibility index (Phi) is 2.15. The lowest BCUT2D eigenvalue weighted by molar-refractivity contribution is 1.47. The average molecular weight is 136 g/mol. The first-order chi connectivity index (χ1) is 4.86. The summed E-state index contributed by atoms with van der Waals surface area (Å²) in [6.45, 7) is 0. The number of hydrogen-bond donors (Lipinski definition) is 2. The van der Waals surface area contributed by atoms with E-state index in [-0.39, 0.29) is 0 Å². The summed E-state index contributed by atoms with van der Waals surface area (Å²) in [6.07, 6.45) is 0. The fourth-order valence-electron chi connectivity index (χ4n) is 0.804. The maximum Gasteiger partial charge on any atom is 0.0339 e. The Balaban J connectivity index is 2.80. The van der Waals surface area contributed by atoms with Crippen molar-refractivity contribution < 1.29 is 0 Å². The molecule has 1 aromatic carbocycles. The van der Waals surface area contributed by atoms with E-state index in [4.69, 9.17) is 0 Å². The normalized spacial score (nSPS) is 9.00. The molecule has 2 nitrogen and oxygen atoms in total. The molecular weight excluding hydrogens is 124 g/mol. The van der Waals surface area contributed by atoms with Crippen molar-refractivity contribution in [3.63, 3.8) is 0 Å². The molecule has 0 radical (unpaired) electrons. The van der Waals surface area contributed by atoms with Gasteiger partial charge in [-0.1, -0.05) is 0 Å². The van der Waals surface area contributed by atoms with Crippen molar-refractivity contribution in [1.29, 1.82) is 0 Å². The van der Waals surface area contributed by atoms with Crippen LogP contribution in [0.1, 0.15) is 0 Å². The molecule has 0 saturated carbocycles. The van der Waals surface area contributed by atoms with Crippen LogP contribution in [-0.2, 0) is 0 Å². The minimum absolute atomic E-state index is 1.14. The van der Waals surface area contributed by atoms with Crippen molar-refractivity contribution in [2.75, 3.05) is 24.7 Å². The maximum absolute atomic E-state index is 3.05. The van der Waals surface area contributed by atoms with E-state index in [0.717, 1.165) is 11.4 Å². The second kappa shape index (κ2) is 3.11. The van der Waals surface area contributed by atoms with Crippen LogP contribution in [0.4, 0.5) is 11.4 Å². The molecule has 10 heavy (non-hydrogen) atoms. The topological polar surface area (TPSA) is 24.1 Å². The van der Waals surface area contributed by atoms with Crippen LogP contribution in [0.25, 0.3) is 0 Å². The third kappa shape index (κ3) is 1.41. The first-order valence-electron chi connectivity index (χ1n) is 3.32. The molecule has 2 N–H and O–H groups in total. The van der Waals surface area contributed by atoms with Crippen molar-refractivity contribution in [2.45, 2.75) is 0 Å². The molecule has 54 valence electrons. The molecule has 1 aromatic rings. The Morgan fingerprint density at radius 1 is 0.800 bits per heavy atom. The van der Waals surface area contributed by atoms with Gasteiger partial charge < -0.3 is 10.6 Å². The molecule has 0 amide bonds. The molecule has 0 spiro atoms. The van der Waals surface area contributed by atoms with Crippen molar-refractivity contribution in [1.82, 2.24) is 0 Å². The van der Waals surface area contributed by atoms with Crippen LogP contribution in [0.5, 0.6) is 0 Å². The Bertz CT molecular complexity index is 168. The van der Waals surface area contributed by atoms with Crippen LogP contribution in [0, 0.1) is 0 Å². The Morgan fingerprint density at radius 2 is 1.10 bits per heavy atom. The SMILES string of the molecule is CNc1ccc(NC)cc1. The lowest BCUT2D eigenvalue weighted by Crippen LogP contribution is -1.89. The van der Waals surface area contributed by atoms with E-state index in [1.807, 2.05) is 38.4 Å². The summed E-state index contributed by atoms with van der Waals surface area (Å²) in [5, 5.41) is 6.10. The summed E-state index contributed by atoms with van der Waals surface area (Å²) in [5.41, 5.74) is 2.28. The molecule has 0 saturated heterocycles. The first kappa shape index (κ1) is 6.93. The summed E-state index contributed by atoms with van der Waals surface area (Å²) in [7, 11) is 3.82. The predicted octanol–water partition coefficient (Wildman–Crippen LogP) is 1.77. The van der Waals surface area contributed by atoms with Crippen molar-refractivity contribution in [3.05, 3.63) is 24.3 Å². The quantitative estimate of drug-likeness (QED) is 0.647. The van der Waals surface area contributed by atoms with E-state index >= 15 is 0 Å².